The Bertz CT molecular complexity index is 1420. The predicted molar refractivity (Wildman–Crippen MR) is 138 cm³/mol. The molecule has 4 heterocycles. The zero-order chi connectivity index (χ0) is 25.5. The topological polar surface area (TPSA) is 129 Å². The van der Waals surface area contributed by atoms with Gasteiger partial charge in [-0.3, -0.25) is 4.68 Å². The third-order valence-corrected chi connectivity index (χ3v) is 9.47. The number of hydrogen-bond acceptors (Lipinski definition) is 9. The van der Waals surface area contributed by atoms with E-state index in [0.717, 1.165) is 56.1 Å². The second kappa shape index (κ2) is 9.41. The van der Waals surface area contributed by atoms with Crippen LogP contribution in [0.4, 0.5) is 17.3 Å². The maximum Gasteiger partial charge on any atom is 0.227 e. The van der Waals surface area contributed by atoms with Crippen LogP contribution in [0.25, 0.3) is 11.3 Å². The number of benzene rings is 1. The number of ether oxygens (including phenoxy) is 1. The Morgan fingerprint density at radius 2 is 1.89 bits per heavy atom. The van der Waals surface area contributed by atoms with Crippen molar-refractivity contribution in [2.45, 2.75) is 30.1 Å². The maximum absolute atomic E-state index is 12.6. The largest absolute Gasteiger partial charge is 0.378 e. The zero-order valence-corrected chi connectivity index (χ0v) is 21.1. The molecule has 0 unspecified atom stereocenters. The van der Waals surface area contributed by atoms with E-state index in [1.165, 1.54) is 4.31 Å². The Balaban J connectivity index is 1.16. The van der Waals surface area contributed by atoms with Crippen LogP contribution in [0.1, 0.15) is 19.3 Å². The van der Waals surface area contributed by atoms with Gasteiger partial charge in [-0.1, -0.05) is 0 Å². The molecule has 0 radical (unpaired) electrons. The van der Waals surface area contributed by atoms with E-state index in [2.05, 4.69) is 43.5 Å². The highest BCUT2D eigenvalue weighted by Crippen LogP contribution is 2.40. The van der Waals surface area contributed by atoms with Crippen LogP contribution in [0.2, 0.25) is 0 Å². The first-order chi connectivity index (χ1) is 18.0. The molecule has 0 atom stereocenters. The number of nitrogens with one attached hydrogen (secondary N) is 1. The summed E-state index contributed by atoms with van der Waals surface area (Å²) >= 11 is 0. The first kappa shape index (κ1) is 23.8. The molecule has 0 bridgehead atoms. The van der Waals surface area contributed by atoms with Gasteiger partial charge in [-0.05, 0) is 43.2 Å². The van der Waals surface area contributed by atoms with E-state index in [0.29, 0.717) is 11.6 Å². The molecule has 11 nitrogen and oxygen atoms in total. The number of morpholine rings is 1. The highest BCUT2D eigenvalue weighted by Gasteiger charge is 2.53. The molecular formula is C25H28N8O3S. The Morgan fingerprint density at radius 3 is 2.59 bits per heavy atom. The minimum absolute atomic E-state index is 0.182. The van der Waals surface area contributed by atoms with Gasteiger partial charge in [-0.15, -0.1) is 0 Å². The summed E-state index contributed by atoms with van der Waals surface area (Å²) in [5.41, 5.74) is 2.83. The van der Waals surface area contributed by atoms with Crippen molar-refractivity contribution in [3.8, 4) is 17.3 Å². The number of nitrogens with zero attached hydrogens (tertiary/aromatic N) is 7. The average molecular weight is 521 g/mol. The van der Waals surface area contributed by atoms with Gasteiger partial charge in [0, 0.05) is 55.5 Å². The minimum atomic E-state index is -3.27. The molecule has 1 saturated carbocycles. The number of sulfonamides is 1. The fraction of sp³-hybridized carbons (Fsp3) is 0.440. The van der Waals surface area contributed by atoms with Gasteiger partial charge in [-0.25, -0.2) is 18.4 Å². The van der Waals surface area contributed by atoms with Crippen molar-refractivity contribution in [3.05, 3.63) is 48.9 Å². The second-order valence-corrected chi connectivity index (χ2v) is 12.0. The molecule has 0 spiro atoms. The summed E-state index contributed by atoms with van der Waals surface area (Å²) < 4.78 is 33.8. The Morgan fingerprint density at radius 1 is 1.14 bits per heavy atom. The van der Waals surface area contributed by atoms with Crippen LogP contribution in [0.15, 0.2) is 48.9 Å². The lowest BCUT2D eigenvalue weighted by molar-refractivity contribution is 0.0716. The van der Waals surface area contributed by atoms with Crippen LogP contribution in [-0.2, 0) is 20.3 Å². The molecule has 192 valence electrons. The Labute approximate surface area is 215 Å². The molecule has 1 aromatic carbocycles. The lowest BCUT2D eigenvalue weighted by Gasteiger charge is -2.48. The molecular weight excluding hydrogens is 492 g/mol. The minimum Gasteiger partial charge on any atom is -0.378 e. The number of nitriles is 1. The first-order valence-corrected chi connectivity index (χ1v) is 13.9. The van der Waals surface area contributed by atoms with Crippen molar-refractivity contribution in [1.29, 1.82) is 5.26 Å². The van der Waals surface area contributed by atoms with Crippen LogP contribution >= 0.6 is 0 Å². The molecule has 2 aliphatic heterocycles. The van der Waals surface area contributed by atoms with Gasteiger partial charge in [0.1, 0.15) is 5.54 Å². The van der Waals surface area contributed by atoms with Gasteiger partial charge in [0.15, 0.2) is 0 Å². The molecule has 3 fully saturated rings. The summed E-state index contributed by atoms with van der Waals surface area (Å²) in [5.74, 6) is 0.460. The summed E-state index contributed by atoms with van der Waals surface area (Å²) in [6.45, 7) is 3.78. The lowest BCUT2D eigenvalue weighted by Crippen LogP contribution is -2.64. The molecule has 3 aliphatic rings. The number of hydrogen-bond donors (Lipinski definition) is 1. The molecule has 2 aromatic heterocycles. The van der Waals surface area contributed by atoms with Crippen LogP contribution in [0.5, 0.6) is 0 Å². The molecule has 12 heteroatoms. The lowest BCUT2D eigenvalue weighted by atomic mass is 9.89. The van der Waals surface area contributed by atoms with Crippen molar-refractivity contribution in [2.75, 3.05) is 49.6 Å². The zero-order valence-electron chi connectivity index (χ0n) is 20.3. The number of anilines is 3. The standard InChI is InChI=1S/C25H28N8O3S/c26-9-8-25(17-32(18-25)37(34,35)22-5-6-22)33-16-19(15-28-33)23-7-10-27-24(30-23)29-20-1-3-21(4-2-20)31-11-13-36-14-12-31/h1-4,7,10,15-16,22H,5-6,8,11-14,17-18H2,(H,27,29,30). The van der Waals surface area contributed by atoms with Crippen molar-refractivity contribution < 1.29 is 13.2 Å². The summed E-state index contributed by atoms with van der Waals surface area (Å²) in [4.78, 5) is 11.3. The monoisotopic (exact) mass is 520 g/mol. The fourth-order valence-corrected chi connectivity index (χ4v) is 6.85. The summed E-state index contributed by atoms with van der Waals surface area (Å²) in [7, 11) is -3.27. The maximum atomic E-state index is 12.6. The van der Waals surface area contributed by atoms with E-state index in [-0.39, 0.29) is 24.8 Å². The van der Waals surface area contributed by atoms with Crippen LogP contribution in [-0.4, -0.2) is 77.1 Å². The van der Waals surface area contributed by atoms with Crippen LogP contribution in [0.3, 0.4) is 0 Å². The Hall–Kier alpha value is -3.53. The summed E-state index contributed by atoms with van der Waals surface area (Å²) in [5, 5.41) is 16.9. The normalized spacial score (nSPS) is 19.7. The van der Waals surface area contributed by atoms with Crippen molar-refractivity contribution in [3.63, 3.8) is 0 Å². The van der Waals surface area contributed by atoms with E-state index in [9.17, 15) is 13.7 Å². The molecule has 3 aromatic rings. The van der Waals surface area contributed by atoms with E-state index >= 15 is 0 Å². The molecule has 2 saturated heterocycles. The molecule has 0 amide bonds. The third kappa shape index (κ3) is 4.66. The van der Waals surface area contributed by atoms with E-state index < -0.39 is 15.6 Å². The quantitative estimate of drug-likeness (QED) is 0.476. The highest BCUT2D eigenvalue weighted by atomic mass is 32.2. The van der Waals surface area contributed by atoms with Crippen molar-refractivity contribution in [2.24, 2.45) is 0 Å². The second-order valence-electron chi connectivity index (χ2n) is 9.78. The molecule has 37 heavy (non-hydrogen) atoms. The van der Waals surface area contributed by atoms with Gasteiger partial charge in [-0.2, -0.15) is 14.7 Å². The van der Waals surface area contributed by atoms with E-state index in [1.54, 1.807) is 23.1 Å². The van der Waals surface area contributed by atoms with Crippen molar-refractivity contribution >= 4 is 27.3 Å². The Kier molecular flexibility index (Phi) is 6.06. The smallest absolute Gasteiger partial charge is 0.227 e. The number of aromatic nitrogens is 4. The highest BCUT2D eigenvalue weighted by molar-refractivity contribution is 7.90. The predicted octanol–water partition coefficient (Wildman–Crippen LogP) is 2.34. The first-order valence-electron chi connectivity index (χ1n) is 12.4. The SMILES string of the molecule is N#CCC1(n2cc(-c3ccnc(Nc4ccc(N5CCOCC5)cc4)n3)cn2)CN(S(=O)(=O)C2CC2)C1. The summed E-state index contributed by atoms with van der Waals surface area (Å²) in [6.07, 6.45) is 6.84. The van der Waals surface area contributed by atoms with Crippen molar-refractivity contribution in [1.82, 2.24) is 24.1 Å². The molecule has 1 aliphatic carbocycles. The van der Waals surface area contributed by atoms with E-state index in [1.807, 2.05) is 18.3 Å². The van der Waals surface area contributed by atoms with Gasteiger partial charge in [0.25, 0.3) is 0 Å². The van der Waals surface area contributed by atoms with Crippen LogP contribution < -0.4 is 10.2 Å². The van der Waals surface area contributed by atoms with Gasteiger partial charge in [0.2, 0.25) is 16.0 Å². The van der Waals surface area contributed by atoms with Gasteiger partial charge >= 0.3 is 0 Å². The number of rotatable bonds is 8. The fourth-order valence-electron chi connectivity index (χ4n) is 4.85. The average Bonchev–Trinajstić information content (AvgIpc) is 3.65. The third-order valence-electron chi connectivity index (χ3n) is 7.17. The van der Waals surface area contributed by atoms with E-state index in [4.69, 9.17) is 4.74 Å². The van der Waals surface area contributed by atoms with Gasteiger partial charge in [0.05, 0.1) is 42.8 Å². The molecule has 6 rings (SSSR count). The summed E-state index contributed by atoms with van der Waals surface area (Å²) in [6, 6.07) is 12.2. The molecule has 1 N–H and O–H groups in total. The van der Waals surface area contributed by atoms with Crippen LogP contribution in [0, 0.1) is 11.3 Å². The van der Waals surface area contributed by atoms with Gasteiger partial charge < -0.3 is 15.0 Å².